The largest absolute Gasteiger partial charge is 0.466 e. The zero-order chi connectivity index (χ0) is 13.7. The van der Waals surface area contributed by atoms with E-state index in [-0.39, 0.29) is 0 Å². The average Bonchev–Trinajstić information content (AvgIpc) is 2.46. The molecule has 0 heterocycles. The summed E-state index contributed by atoms with van der Waals surface area (Å²) in [7, 11) is 0. The van der Waals surface area contributed by atoms with Gasteiger partial charge in [-0.3, -0.25) is 0 Å². The molecule has 0 N–H and O–H groups in total. The van der Waals surface area contributed by atoms with Gasteiger partial charge in [-0.05, 0) is 42.4 Å². The van der Waals surface area contributed by atoms with E-state index in [9.17, 15) is 0 Å². The van der Waals surface area contributed by atoms with E-state index in [1.54, 1.807) is 0 Å². The third kappa shape index (κ3) is 3.24. The molecule has 0 unspecified atom stereocenters. The molecule has 0 aliphatic carbocycles. The second-order valence-corrected chi connectivity index (χ2v) is 4.71. The van der Waals surface area contributed by atoms with E-state index >= 15 is 0 Å². The quantitative estimate of drug-likeness (QED) is 0.782. The summed E-state index contributed by atoms with van der Waals surface area (Å²) in [6, 6.07) is 14.6. The molecular formula is C16H19NOS. The standard InChI is InChI=1S/C16H19NOS/c1-3-17(4-2)16(19)18-12-14-10-7-9-13-8-5-6-11-15(13)14/h5-11H,3-4,12H2,1-2H3. The van der Waals surface area contributed by atoms with Gasteiger partial charge in [-0.1, -0.05) is 42.5 Å². The molecule has 0 saturated heterocycles. The maximum absolute atomic E-state index is 5.74. The molecule has 0 aromatic heterocycles. The van der Waals surface area contributed by atoms with Crippen LogP contribution in [0.1, 0.15) is 19.4 Å². The highest BCUT2D eigenvalue weighted by molar-refractivity contribution is 7.80. The molecule has 0 amide bonds. The van der Waals surface area contributed by atoms with Crippen molar-refractivity contribution in [3.8, 4) is 0 Å². The van der Waals surface area contributed by atoms with E-state index in [1.165, 1.54) is 16.3 Å². The van der Waals surface area contributed by atoms with Crippen LogP contribution in [0.15, 0.2) is 42.5 Å². The van der Waals surface area contributed by atoms with Gasteiger partial charge < -0.3 is 9.64 Å². The Hall–Kier alpha value is -1.61. The maximum Gasteiger partial charge on any atom is 0.259 e. The highest BCUT2D eigenvalue weighted by Crippen LogP contribution is 2.19. The van der Waals surface area contributed by atoms with E-state index in [0.717, 1.165) is 13.1 Å². The Bertz CT molecular complexity index is 558. The first kappa shape index (κ1) is 13.8. The third-order valence-electron chi connectivity index (χ3n) is 3.25. The Labute approximate surface area is 120 Å². The monoisotopic (exact) mass is 273 g/mol. The van der Waals surface area contributed by atoms with Gasteiger partial charge in [-0.25, -0.2) is 0 Å². The summed E-state index contributed by atoms with van der Waals surface area (Å²) in [4.78, 5) is 2.04. The fourth-order valence-electron chi connectivity index (χ4n) is 2.13. The molecule has 2 aromatic rings. The van der Waals surface area contributed by atoms with Crippen molar-refractivity contribution in [2.24, 2.45) is 0 Å². The van der Waals surface area contributed by atoms with Crippen molar-refractivity contribution in [1.82, 2.24) is 4.90 Å². The third-order valence-corrected chi connectivity index (χ3v) is 3.63. The van der Waals surface area contributed by atoms with Crippen molar-refractivity contribution < 1.29 is 4.74 Å². The van der Waals surface area contributed by atoms with Gasteiger partial charge in [-0.2, -0.15) is 0 Å². The number of ether oxygens (including phenoxy) is 1. The molecule has 19 heavy (non-hydrogen) atoms. The van der Waals surface area contributed by atoms with Gasteiger partial charge >= 0.3 is 0 Å². The van der Waals surface area contributed by atoms with E-state index < -0.39 is 0 Å². The SMILES string of the molecule is CCN(CC)C(=S)OCc1cccc2ccccc12. The lowest BCUT2D eigenvalue weighted by Gasteiger charge is -2.21. The smallest absolute Gasteiger partial charge is 0.259 e. The Balaban J connectivity index is 2.12. The van der Waals surface area contributed by atoms with Crippen LogP contribution >= 0.6 is 12.2 Å². The Morgan fingerprint density at radius 1 is 1.05 bits per heavy atom. The van der Waals surface area contributed by atoms with Crippen LogP contribution in [0.5, 0.6) is 0 Å². The molecule has 0 bridgehead atoms. The summed E-state index contributed by atoms with van der Waals surface area (Å²) in [5.41, 5.74) is 1.17. The lowest BCUT2D eigenvalue weighted by molar-refractivity contribution is 0.239. The van der Waals surface area contributed by atoms with Gasteiger partial charge in [0.15, 0.2) is 0 Å². The molecule has 0 atom stereocenters. The van der Waals surface area contributed by atoms with E-state index in [0.29, 0.717) is 11.8 Å². The highest BCUT2D eigenvalue weighted by Gasteiger charge is 2.07. The molecule has 2 rings (SSSR count). The lowest BCUT2D eigenvalue weighted by atomic mass is 10.1. The minimum atomic E-state index is 0.524. The van der Waals surface area contributed by atoms with Crippen LogP contribution in [0.25, 0.3) is 10.8 Å². The summed E-state index contributed by atoms with van der Waals surface area (Å²) in [5.74, 6) is 0. The Morgan fingerprint density at radius 3 is 2.47 bits per heavy atom. The second kappa shape index (κ2) is 6.53. The summed E-state index contributed by atoms with van der Waals surface area (Å²) in [5, 5.41) is 3.04. The number of hydrogen-bond acceptors (Lipinski definition) is 2. The number of thiocarbonyl (C=S) groups is 1. The van der Waals surface area contributed by atoms with Crippen LogP contribution in [0.4, 0.5) is 0 Å². The van der Waals surface area contributed by atoms with Crippen molar-refractivity contribution in [2.45, 2.75) is 20.5 Å². The van der Waals surface area contributed by atoms with Crippen molar-refractivity contribution in [2.75, 3.05) is 13.1 Å². The first-order valence-corrected chi connectivity index (χ1v) is 7.05. The molecule has 0 saturated carbocycles. The minimum absolute atomic E-state index is 0.524. The molecule has 0 fully saturated rings. The molecule has 0 aliphatic heterocycles. The van der Waals surface area contributed by atoms with E-state index in [4.69, 9.17) is 17.0 Å². The molecule has 2 nitrogen and oxygen atoms in total. The molecular weight excluding hydrogens is 254 g/mol. The van der Waals surface area contributed by atoms with Gasteiger partial charge in [0.1, 0.15) is 6.61 Å². The molecule has 0 aliphatic rings. The predicted molar refractivity (Wildman–Crippen MR) is 84.3 cm³/mol. The van der Waals surface area contributed by atoms with Gasteiger partial charge in [0.25, 0.3) is 5.17 Å². The van der Waals surface area contributed by atoms with Gasteiger partial charge in [0.05, 0.1) is 0 Å². The van der Waals surface area contributed by atoms with Crippen LogP contribution in [0.2, 0.25) is 0 Å². The number of hydrogen-bond donors (Lipinski definition) is 0. The van der Waals surface area contributed by atoms with Crippen LogP contribution in [0.3, 0.4) is 0 Å². The topological polar surface area (TPSA) is 12.5 Å². The predicted octanol–water partition coefficient (Wildman–Crippen LogP) is 3.98. The summed E-state index contributed by atoms with van der Waals surface area (Å²) >= 11 is 5.30. The van der Waals surface area contributed by atoms with E-state index in [2.05, 4.69) is 50.2 Å². The van der Waals surface area contributed by atoms with Crippen molar-refractivity contribution >= 4 is 28.2 Å². The fraction of sp³-hybridized carbons (Fsp3) is 0.312. The molecule has 0 radical (unpaired) electrons. The zero-order valence-corrected chi connectivity index (χ0v) is 12.2. The van der Waals surface area contributed by atoms with Crippen molar-refractivity contribution in [3.05, 3.63) is 48.0 Å². The van der Waals surface area contributed by atoms with Gasteiger partial charge in [0, 0.05) is 13.1 Å². The van der Waals surface area contributed by atoms with Crippen LogP contribution in [-0.4, -0.2) is 23.2 Å². The second-order valence-electron chi connectivity index (χ2n) is 4.37. The number of nitrogens with zero attached hydrogens (tertiary/aromatic N) is 1. The first-order chi connectivity index (χ1) is 9.26. The Kier molecular flexibility index (Phi) is 4.74. The molecule has 3 heteroatoms. The Morgan fingerprint density at radius 2 is 1.74 bits per heavy atom. The average molecular weight is 273 g/mol. The molecule has 100 valence electrons. The number of rotatable bonds is 4. The van der Waals surface area contributed by atoms with Crippen molar-refractivity contribution in [3.63, 3.8) is 0 Å². The lowest BCUT2D eigenvalue weighted by Crippen LogP contribution is -2.30. The van der Waals surface area contributed by atoms with Crippen LogP contribution in [0, 0.1) is 0 Å². The van der Waals surface area contributed by atoms with E-state index in [1.807, 2.05) is 11.0 Å². The highest BCUT2D eigenvalue weighted by atomic mass is 32.1. The molecule has 2 aromatic carbocycles. The fourth-order valence-corrected chi connectivity index (χ4v) is 2.45. The van der Waals surface area contributed by atoms with Crippen molar-refractivity contribution in [1.29, 1.82) is 0 Å². The number of benzene rings is 2. The van der Waals surface area contributed by atoms with Gasteiger partial charge in [0.2, 0.25) is 0 Å². The first-order valence-electron chi connectivity index (χ1n) is 6.64. The normalized spacial score (nSPS) is 10.4. The van der Waals surface area contributed by atoms with Crippen LogP contribution < -0.4 is 0 Å². The van der Waals surface area contributed by atoms with Crippen LogP contribution in [-0.2, 0) is 11.3 Å². The number of fused-ring (bicyclic) bond motifs is 1. The maximum atomic E-state index is 5.74. The summed E-state index contributed by atoms with van der Waals surface area (Å²) < 4.78 is 5.74. The molecule has 0 spiro atoms. The van der Waals surface area contributed by atoms with Gasteiger partial charge in [-0.15, -0.1) is 0 Å². The zero-order valence-electron chi connectivity index (χ0n) is 11.4. The summed E-state index contributed by atoms with van der Waals surface area (Å²) in [6.07, 6.45) is 0. The summed E-state index contributed by atoms with van der Waals surface area (Å²) in [6.45, 7) is 6.45. The minimum Gasteiger partial charge on any atom is -0.466 e.